The van der Waals surface area contributed by atoms with Crippen LogP contribution in [-0.4, -0.2) is 36.6 Å². The van der Waals surface area contributed by atoms with Crippen molar-refractivity contribution < 1.29 is 18.0 Å². The first kappa shape index (κ1) is 21.5. The van der Waals surface area contributed by atoms with E-state index >= 15 is 0 Å². The molecule has 2 amide bonds. The molecule has 1 aliphatic rings. The van der Waals surface area contributed by atoms with E-state index in [1.807, 2.05) is 13.8 Å². The van der Waals surface area contributed by atoms with Crippen LogP contribution >= 0.6 is 11.6 Å². The van der Waals surface area contributed by atoms with Gasteiger partial charge in [-0.2, -0.15) is 4.31 Å². The second-order valence-corrected chi connectivity index (χ2v) is 9.45. The molecule has 0 spiro atoms. The molecule has 1 heterocycles. The lowest BCUT2D eigenvalue weighted by Gasteiger charge is -2.31. The summed E-state index contributed by atoms with van der Waals surface area (Å²) in [4.78, 5) is 27.0. The van der Waals surface area contributed by atoms with E-state index in [2.05, 4.69) is 0 Å². The summed E-state index contributed by atoms with van der Waals surface area (Å²) in [7, 11) is -4.01. The summed E-state index contributed by atoms with van der Waals surface area (Å²) in [6, 6.07) is 11.2. The molecule has 3 rings (SSSR count). The predicted molar refractivity (Wildman–Crippen MR) is 112 cm³/mol. The van der Waals surface area contributed by atoms with Crippen LogP contribution in [0.2, 0.25) is 5.02 Å². The number of nitrogens with zero attached hydrogens (tertiary/aromatic N) is 2. The van der Waals surface area contributed by atoms with Gasteiger partial charge in [0.25, 0.3) is 5.91 Å². The Kier molecular flexibility index (Phi) is 6.12. The summed E-state index contributed by atoms with van der Waals surface area (Å²) in [6.45, 7) is 5.48. The Labute approximate surface area is 176 Å². The van der Waals surface area contributed by atoms with Gasteiger partial charge in [0, 0.05) is 11.1 Å². The number of carbonyl (C=O) groups excluding carboxylic acids is 2. The lowest BCUT2D eigenvalue weighted by molar-refractivity contribution is -0.122. The van der Waals surface area contributed by atoms with Gasteiger partial charge in [-0.25, -0.2) is 13.3 Å². The molecule has 2 atom stereocenters. The van der Waals surface area contributed by atoms with Crippen LogP contribution in [0, 0.1) is 6.92 Å². The zero-order chi connectivity index (χ0) is 21.3. The van der Waals surface area contributed by atoms with Crippen LogP contribution in [0.3, 0.4) is 0 Å². The lowest BCUT2D eigenvalue weighted by atomic mass is 10.2. The zero-order valence-electron chi connectivity index (χ0n) is 16.5. The van der Waals surface area contributed by atoms with E-state index in [9.17, 15) is 18.0 Å². The Morgan fingerprint density at radius 1 is 1.10 bits per heavy atom. The van der Waals surface area contributed by atoms with E-state index < -0.39 is 33.9 Å². The number of sulfonamides is 1. The number of imide groups is 1. The fourth-order valence-corrected chi connectivity index (χ4v) is 5.37. The summed E-state index contributed by atoms with van der Waals surface area (Å²) >= 11 is 5.88. The topological polar surface area (TPSA) is 74.8 Å². The van der Waals surface area contributed by atoms with Gasteiger partial charge < -0.3 is 0 Å². The van der Waals surface area contributed by atoms with Gasteiger partial charge in [-0.15, -0.1) is 0 Å². The smallest absolute Gasteiger partial charge is 0.252 e. The van der Waals surface area contributed by atoms with E-state index in [0.29, 0.717) is 17.1 Å². The number of hydrogen-bond acceptors (Lipinski definition) is 4. The molecular formula is C21H23ClN2O4S. The van der Waals surface area contributed by atoms with E-state index in [1.165, 1.54) is 28.6 Å². The molecule has 1 saturated heterocycles. The van der Waals surface area contributed by atoms with Crippen LogP contribution in [0.4, 0.5) is 5.69 Å². The summed E-state index contributed by atoms with van der Waals surface area (Å²) in [5, 5.41) is 0.414. The van der Waals surface area contributed by atoms with Crippen LogP contribution in [0.5, 0.6) is 0 Å². The maximum Gasteiger partial charge on any atom is 0.252 e. The molecule has 2 unspecified atom stereocenters. The van der Waals surface area contributed by atoms with Gasteiger partial charge >= 0.3 is 0 Å². The van der Waals surface area contributed by atoms with Gasteiger partial charge in [-0.05, 0) is 56.7 Å². The van der Waals surface area contributed by atoms with Crippen molar-refractivity contribution in [1.29, 1.82) is 0 Å². The Hall–Kier alpha value is -2.22. The van der Waals surface area contributed by atoms with Crippen molar-refractivity contribution in [3.63, 3.8) is 0 Å². The zero-order valence-corrected chi connectivity index (χ0v) is 18.1. The molecular weight excluding hydrogens is 412 g/mol. The fraction of sp³-hybridized carbons (Fsp3) is 0.333. The average Bonchev–Trinajstić information content (AvgIpc) is 2.96. The van der Waals surface area contributed by atoms with Crippen molar-refractivity contribution in [2.75, 3.05) is 4.90 Å². The minimum atomic E-state index is -4.01. The maximum absolute atomic E-state index is 13.4. The number of amides is 2. The van der Waals surface area contributed by atoms with Crippen molar-refractivity contribution in [2.45, 2.75) is 50.6 Å². The Morgan fingerprint density at radius 3 is 2.24 bits per heavy atom. The molecule has 0 N–H and O–H groups in total. The lowest BCUT2D eigenvalue weighted by Crippen LogP contribution is -2.49. The maximum atomic E-state index is 13.4. The van der Waals surface area contributed by atoms with Gasteiger partial charge in [-0.1, -0.05) is 36.2 Å². The van der Waals surface area contributed by atoms with Gasteiger partial charge in [0.05, 0.1) is 17.0 Å². The van der Waals surface area contributed by atoms with Crippen molar-refractivity contribution in [2.24, 2.45) is 0 Å². The molecule has 0 bridgehead atoms. The second kappa shape index (κ2) is 8.26. The molecule has 29 heavy (non-hydrogen) atoms. The monoisotopic (exact) mass is 434 g/mol. The third-order valence-corrected chi connectivity index (χ3v) is 7.43. The highest BCUT2D eigenvalue weighted by Crippen LogP contribution is 2.31. The van der Waals surface area contributed by atoms with Crippen molar-refractivity contribution >= 4 is 39.1 Å². The molecule has 0 aliphatic carbocycles. The Balaban J connectivity index is 2.01. The number of benzene rings is 2. The van der Waals surface area contributed by atoms with Crippen molar-refractivity contribution in [1.82, 2.24) is 4.31 Å². The largest absolute Gasteiger partial charge is 0.274 e. The van der Waals surface area contributed by atoms with Crippen molar-refractivity contribution in [3.05, 3.63) is 59.1 Å². The number of halogens is 1. The average molecular weight is 435 g/mol. The molecule has 0 radical (unpaired) electrons. The molecule has 2 aromatic carbocycles. The predicted octanol–water partition coefficient (Wildman–Crippen LogP) is 3.77. The first-order valence-corrected chi connectivity index (χ1v) is 11.2. The van der Waals surface area contributed by atoms with E-state index in [-0.39, 0.29) is 11.3 Å². The van der Waals surface area contributed by atoms with Crippen LogP contribution in [0.1, 0.15) is 32.3 Å². The first-order valence-electron chi connectivity index (χ1n) is 9.39. The molecule has 1 aliphatic heterocycles. The highest BCUT2D eigenvalue weighted by Gasteiger charge is 2.48. The number of aryl methyl sites for hydroxylation is 1. The molecule has 2 aromatic rings. The van der Waals surface area contributed by atoms with E-state index in [0.717, 1.165) is 10.5 Å². The third kappa shape index (κ3) is 4.08. The minimum Gasteiger partial charge on any atom is -0.274 e. The van der Waals surface area contributed by atoms with E-state index in [1.54, 1.807) is 31.2 Å². The molecule has 0 saturated carbocycles. The Morgan fingerprint density at radius 2 is 1.69 bits per heavy atom. The fourth-order valence-electron chi connectivity index (χ4n) is 3.40. The number of hydrogen-bond donors (Lipinski definition) is 0. The molecule has 6 nitrogen and oxygen atoms in total. The van der Waals surface area contributed by atoms with Crippen LogP contribution < -0.4 is 4.90 Å². The van der Waals surface area contributed by atoms with Crippen LogP contribution in [-0.2, 0) is 19.6 Å². The minimum absolute atomic E-state index is 0.0382. The van der Waals surface area contributed by atoms with Crippen molar-refractivity contribution in [3.8, 4) is 0 Å². The molecule has 1 fully saturated rings. The standard InChI is InChI=1S/C21H23ClN2O4S/c1-4-15(3)24(29(27,28)18-11-7-16(22)8-12-18)19-13-20(25)23(21(19)26)17-9-5-14(2)6-10-17/h5-12,15,19H,4,13H2,1-3H3. The summed E-state index contributed by atoms with van der Waals surface area (Å²) < 4.78 is 27.9. The SMILES string of the molecule is CCC(C)N(C1CC(=O)N(c2ccc(C)cc2)C1=O)S(=O)(=O)c1ccc(Cl)cc1. The highest BCUT2D eigenvalue weighted by molar-refractivity contribution is 7.89. The third-order valence-electron chi connectivity index (χ3n) is 5.14. The summed E-state index contributed by atoms with van der Waals surface area (Å²) in [5.41, 5.74) is 1.44. The quantitative estimate of drug-likeness (QED) is 0.648. The highest BCUT2D eigenvalue weighted by atomic mass is 35.5. The number of rotatable bonds is 6. The first-order chi connectivity index (χ1) is 13.7. The van der Waals surface area contributed by atoms with Gasteiger partial charge in [0.2, 0.25) is 15.9 Å². The summed E-state index contributed by atoms with van der Waals surface area (Å²) in [5.74, 6) is -0.944. The van der Waals surface area contributed by atoms with Crippen LogP contribution in [0.25, 0.3) is 0 Å². The van der Waals surface area contributed by atoms with Gasteiger partial charge in [0.15, 0.2) is 0 Å². The number of anilines is 1. The van der Waals surface area contributed by atoms with E-state index in [4.69, 9.17) is 11.6 Å². The second-order valence-electron chi connectivity index (χ2n) is 7.17. The van der Waals surface area contributed by atoms with Gasteiger partial charge in [-0.3, -0.25) is 9.59 Å². The molecule has 154 valence electrons. The van der Waals surface area contributed by atoms with Gasteiger partial charge in [0.1, 0.15) is 6.04 Å². The molecule has 8 heteroatoms. The Bertz CT molecular complexity index is 1020. The normalized spacial score (nSPS) is 18.5. The summed E-state index contributed by atoms with van der Waals surface area (Å²) in [6.07, 6.45) is 0.305. The molecule has 0 aromatic heterocycles. The number of carbonyl (C=O) groups is 2. The van der Waals surface area contributed by atoms with Crippen LogP contribution in [0.15, 0.2) is 53.4 Å².